The second-order valence-corrected chi connectivity index (χ2v) is 8.12. The molecule has 2 rings (SSSR count). The van der Waals surface area contributed by atoms with Crippen LogP contribution in [0, 0.1) is 17.0 Å². The molecule has 0 N–H and O–H groups in total. The Kier molecular flexibility index (Phi) is 6.09. The normalized spacial score (nSPS) is 11.7. The van der Waals surface area contributed by atoms with Gasteiger partial charge in [-0.05, 0) is 19.1 Å². The van der Waals surface area contributed by atoms with Crippen LogP contribution >= 0.6 is 11.3 Å². The quantitative estimate of drug-likeness (QED) is 0.511. The summed E-state index contributed by atoms with van der Waals surface area (Å²) >= 11 is 1.45. The maximum atomic E-state index is 12.5. The number of hydrogen-bond donors (Lipinski definition) is 0. The van der Waals surface area contributed by atoms with Crippen LogP contribution in [0.3, 0.4) is 0 Å². The molecule has 8 nitrogen and oxygen atoms in total. The van der Waals surface area contributed by atoms with E-state index in [1.165, 1.54) is 27.8 Å². The molecule has 0 aliphatic rings. The summed E-state index contributed by atoms with van der Waals surface area (Å²) in [6.07, 6.45) is 0. The number of sulfonamides is 1. The first-order valence-corrected chi connectivity index (χ1v) is 9.94. The number of nitrogens with zero attached hydrogens (tertiary/aromatic N) is 3. The van der Waals surface area contributed by atoms with Crippen LogP contribution in [-0.2, 0) is 16.6 Å². The van der Waals surface area contributed by atoms with Gasteiger partial charge in [-0.3, -0.25) is 10.1 Å². The fraction of sp³-hybridized carbons (Fsp3) is 0.400. The van der Waals surface area contributed by atoms with E-state index in [9.17, 15) is 18.5 Å². The molecule has 1 heterocycles. The molecular formula is C15H19N3O5S2. The summed E-state index contributed by atoms with van der Waals surface area (Å²) in [5.74, 6) is 0.00847. The molecule has 0 radical (unpaired) electrons. The number of aryl methyl sites for hydroxylation is 1. The number of benzene rings is 1. The minimum Gasteiger partial charge on any atom is -0.480 e. The molecule has 0 unspecified atom stereocenters. The first-order valence-electron chi connectivity index (χ1n) is 7.62. The van der Waals surface area contributed by atoms with Gasteiger partial charge in [-0.2, -0.15) is 4.31 Å². The monoisotopic (exact) mass is 385 g/mol. The van der Waals surface area contributed by atoms with E-state index in [0.717, 1.165) is 11.1 Å². The summed E-state index contributed by atoms with van der Waals surface area (Å²) < 4.78 is 31.7. The molecule has 1 aromatic carbocycles. The third-order valence-electron chi connectivity index (χ3n) is 3.51. The molecule has 1 aromatic heterocycles. The van der Waals surface area contributed by atoms with E-state index < -0.39 is 14.9 Å². The molecule has 0 amide bonds. The Morgan fingerprint density at radius 1 is 1.32 bits per heavy atom. The van der Waals surface area contributed by atoms with Gasteiger partial charge in [0.2, 0.25) is 10.0 Å². The zero-order valence-corrected chi connectivity index (χ0v) is 15.8. The van der Waals surface area contributed by atoms with Crippen molar-refractivity contribution in [2.75, 3.05) is 13.1 Å². The van der Waals surface area contributed by atoms with Crippen molar-refractivity contribution in [3.63, 3.8) is 0 Å². The van der Waals surface area contributed by atoms with Gasteiger partial charge in [0.1, 0.15) is 6.61 Å². The summed E-state index contributed by atoms with van der Waals surface area (Å²) in [5, 5.41) is 14.0. The fourth-order valence-corrected chi connectivity index (χ4v) is 4.34. The number of nitro groups is 1. The molecule has 0 bridgehead atoms. The van der Waals surface area contributed by atoms with E-state index in [1.54, 1.807) is 19.2 Å². The lowest BCUT2D eigenvalue weighted by Gasteiger charge is -2.18. The van der Waals surface area contributed by atoms with Gasteiger partial charge in [0.25, 0.3) is 0 Å². The SMILES string of the molecule is CCN(CC)S(=O)(=O)c1ccc(OCc2csc(C)n2)c([N+](=O)[O-])c1. The molecule has 136 valence electrons. The third-order valence-corrected chi connectivity index (χ3v) is 6.38. The minimum absolute atomic E-state index is 0.00847. The first-order chi connectivity index (χ1) is 11.8. The lowest BCUT2D eigenvalue weighted by Crippen LogP contribution is -2.30. The molecule has 0 spiro atoms. The van der Waals surface area contributed by atoms with Crippen molar-refractivity contribution in [3.05, 3.63) is 44.4 Å². The Morgan fingerprint density at radius 3 is 2.52 bits per heavy atom. The molecule has 2 aromatic rings. The Labute approximate surface area is 150 Å². The van der Waals surface area contributed by atoms with Gasteiger partial charge in [-0.25, -0.2) is 13.4 Å². The molecule has 0 saturated carbocycles. The van der Waals surface area contributed by atoms with Gasteiger partial charge in [0, 0.05) is 24.5 Å². The van der Waals surface area contributed by atoms with Gasteiger partial charge < -0.3 is 4.74 Å². The second kappa shape index (κ2) is 7.89. The molecule has 0 aliphatic carbocycles. The van der Waals surface area contributed by atoms with Gasteiger partial charge in [-0.15, -0.1) is 11.3 Å². The van der Waals surface area contributed by atoms with Crippen molar-refractivity contribution in [1.29, 1.82) is 0 Å². The van der Waals surface area contributed by atoms with Gasteiger partial charge in [0.15, 0.2) is 5.75 Å². The van der Waals surface area contributed by atoms with Crippen molar-refractivity contribution in [2.45, 2.75) is 32.3 Å². The van der Waals surface area contributed by atoms with Crippen LogP contribution in [0.1, 0.15) is 24.5 Å². The van der Waals surface area contributed by atoms with Crippen molar-refractivity contribution < 1.29 is 18.1 Å². The third kappa shape index (κ3) is 4.33. The predicted molar refractivity (Wildman–Crippen MR) is 94.4 cm³/mol. The Hall–Kier alpha value is -2.04. The molecule has 0 atom stereocenters. The standard InChI is InChI=1S/C15H19N3O5S2/c1-4-17(5-2)25(21,22)13-6-7-15(14(8-13)18(19)20)23-9-12-10-24-11(3)16-12/h6-8,10H,4-5,9H2,1-3H3. The fourth-order valence-electron chi connectivity index (χ4n) is 2.26. The van der Waals surface area contributed by atoms with Gasteiger partial charge in [0.05, 0.1) is 20.5 Å². The average molecular weight is 385 g/mol. The predicted octanol–water partition coefficient (Wildman–Crippen LogP) is 2.97. The summed E-state index contributed by atoms with van der Waals surface area (Å²) in [6.45, 7) is 5.92. The molecule has 25 heavy (non-hydrogen) atoms. The van der Waals surface area contributed by atoms with Crippen molar-refractivity contribution >= 4 is 27.0 Å². The minimum atomic E-state index is -3.78. The highest BCUT2D eigenvalue weighted by atomic mass is 32.2. The van der Waals surface area contributed by atoms with Crippen LogP contribution in [0.25, 0.3) is 0 Å². The second-order valence-electron chi connectivity index (χ2n) is 5.12. The number of aromatic nitrogens is 1. The van der Waals surface area contributed by atoms with Crippen molar-refractivity contribution in [1.82, 2.24) is 9.29 Å². The van der Waals surface area contributed by atoms with Gasteiger partial charge in [-0.1, -0.05) is 13.8 Å². The highest BCUT2D eigenvalue weighted by Gasteiger charge is 2.26. The molecule has 0 fully saturated rings. The van der Waals surface area contributed by atoms with E-state index in [-0.39, 0.29) is 36.0 Å². The highest BCUT2D eigenvalue weighted by Crippen LogP contribution is 2.31. The van der Waals surface area contributed by atoms with E-state index >= 15 is 0 Å². The zero-order chi connectivity index (χ0) is 18.6. The lowest BCUT2D eigenvalue weighted by atomic mass is 10.3. The zero-order valence-electron chi connectivity index (χ0n) is 14.1. The summed E-state index contributed by atoms with van der Waals surface area (Å²) in [7, 11) is -3.78. The van der Waals surface area contributed by atoms with Crippen LogP contribution in [0.15, 0.2) is 28.5 Å². The Balaban J connectivity index is 2.32. The van der Waals surface area contributed by atoms with E-state index in [1.807, 2.05) is 6.92 Å². The van der Waals surface area contributed by atoms with E-state index in [4.69, 9.17) is 4.74 Å². The van der Waals surface area contributed by atoms with Crippen LogP contribution < -0.4 is 4.74 Å². The van der Waals surface area contributed by atoms with Crippen molar-refractivity contribution in [2.24, 2.45) is 0 Å². The van der Waals surface area contributed by atoms with Crippen LogP contribution in [0.5, 0.6) is 5.75 Å². The smallest absolute Gasteiger partial charge is 0.312 e. The van der Waals surface area contributed by atoms with Crippen molar-refractivity contribution in [3.8, 4) is 5.75 Å². The first kappa shape index (κ1) is 19.3. The van der Waals surface area contributed by atoms with E-state index in [2.05, 4.69) is 4.98 Å². The number of thiazole rings is 1. The molecule has 0 saturated heterocycles. The highest BCUT2D eigenvalue weighted by molar-refractivity contribution is 7.89. The largest absolute Gasteiger partial charge is 0.480 e. The number of ether oxygens (including phenoxy) is 1. The summed E-state index contributed by atoms with van der Waals surface area (Å²) in [4.78, 5) is 14.8. The van der Waals surface area contributed by atoms with E-state index in [0.29, 0.717) is 5.69 Å². The van der Waals surface area contributed by atoms with Gasteiger partial charge >= 0.3 is 5.69 Å². The van der Waals surface area contributed by atoms with Crippen LogP contribution in [0.4, 0.5) is 5.69 Å². The molecule has 0 aliphatic heterocycles. The summed E-state index contributed by atoms with van der Waals surface area (Å²) in [5.41, 5.74) is 0.275. The molecule has 10 heteroatoms. The maximum Gasteiger partial charge on any atom is 0.312 e. The Bertz CT molecular complexity index is 860. The summed E-state index contributed by atoms with van der Waals surface area (Å²) in [6, 6.07) is 3.67. The topological polar surface area (TPSA) is 103 Å². The number of hydrogen-bond acceptors (Lipinski definition) is 7. The number of rotatable bonds is 8. The Morgan fingerprint density at radius 2 is 2.00 bits per heavy atom. The lowest BCUT2D eigenvalue weighted by molar-refractivity contribution is -0.386. The average Bonchev–Trinajstić information content (AvgIpc) is 2.99. The molecular weight excluding hydrogens is 366 g/mol. The van der Waals surface area contributed by atoms with Crippen LogP contribution in [-0.4, -0.2) is 35.7 Å². The number of nitro benzene ring substituents is 1. The maximum absolute atomic E-state index is 12.5. The van der Waals surface area contributed by atoms with Crippen LogP contribution in [0.2, 0.25) is 0 Å².